The maximum Gasteiger partial charge on any atom is 0.162 e. The zero-order valence-electron chi connectivity index (χ0n) is 12.1. The summed E-state index contributed by atoms with van der Waals surface area (Å²) in [4.78, 5) is 8.64. The second-order valence-electron chi connectivity index (χ2n) is 5.02. The SMILES string of the molecule is CC(C)c1ncc(OC(C)c2ccccc2)c(CO)n1. The summed E-state index contributed by atoms with van der Waals surface area (Å²) in [6.45, 7) is 5.85. The topological polar surface area (TPSA) is 55.2 Å². The van der Waals surface area contributed by atoms with Crippen LogP contribution in [0, 0.1) is 0 Å². The minimum Gasteiger partial charge on any atom is -0.482 e. The van der Waals surface area contributed by atoms with Crippen molar-refractivity contribution in [3.8, 4) is 5.75 Å². The summed E-state index contributed by atoms with van der Waals surface area (Å²) in [6, 6.07) is 9.93. The van der Waals surface area contributed by atoms with Crippen LogP contribution < -0.4 is 4.74 Å². The van der Waals surface area contributed by atoms with Gasteiger partial charge in [0.25, 0.3) is 0 Å². The molecule has 0 amide bonds. The molecule has 20 heavy (non-hydrogen) atoms. The van der Waals surface area contributed by atoms with E-state index in [9.17, 15) is 5.11 Å². The van der Waals surface area contributed by atoms with Gasteiger partial charge in [0.15, 0.2) is 5.75 Å². The lowest BCUT2D eigenvalue weighted by molar-refractivity contribution is 0.208. The molecule has 1 unspecified atom stereocenters. The highest BCUT2D eigenvalue weighted by atomic mass is 16.5. The van der Waals surface area contributed by atoms with Crippen molar-refractivity contribution < 1.29 is 9.84 Å². The molecule has 1 heterocycles. The van der Waals surface area contributed by atoms with Gasteiger partial charge in [0, 0.05) is 5.92 Å². The molecule has 0 fully saturated rings. The monoisotopic (exact) mass is 272 g/mol. The minimum absolute atomic E-state index is 0.116. The lowest BCUT2D eigenvalue weighted by Crippen LogP contribution is -2.09. The summed E-state index contributed by atoms with van der Waals surface area (Å²) < 4.78 is 5.87. The average molecular weight is 272 g/mol. The van der Waals surface area contributed by atoms with Crippen LogP contribution in [0.2, 0.25) is 0 Å². The standard InChI is InChI=1S/C16H20N2O2/c1-11(2)16-17-9-15(14(10-19)18-16)20-12(3)13-7-5-4-6-8-13/h4-9,11-12,19H,10H2,1-3H3. The van der Waals surface area contributed by atoms with Gasteiger partial charge in [-0.1, -0.05) is 44.2 Å². The van der Waals surface area contributed by atoms with E-state index in [-0.39, 0.29) is 18.6 Å². The van der Waals surface area contributed by atoms with Crippen LogP contribution in [0.4, 0.5) is 0 Å². The Morgan fingerprint density at radius 3 is 2.45 bits per heavy atom. The molecule has 0 bridgehead atoms. The molecule has 0 aliphatic carbocycles. The Labute approximate surface area is 119 Å². The van der Waals surface area contributed by atoms with E-state index in [4.69, 9.17) is 4.74 Å². The highest BCUT2D eigenvalue weighted by Gasteiger charge is 2.13. The first-order chi connectivity index (χ1) is 9.61. The van der Waals surface area contributed by atoms with Crippen molar-refractivity contribution in [2.24, 2.45) is 0 Å². The van der Waals surface area contributed by atoms with Crippen molar-refractivity contribution in [2.45, 2.75) is 39.4 Å². The Balaban J connectivity index is 2.21. The fourth-order valence-electron chi connectivity index (χ4n) is 1.89. The number of aliphatic hydroxyl groups excluding tert-OH is 1. The van der Waals surface area contributed by atoms with Crippen LogP contribution in [-0.2, 0) is 6.61 Å². The van der Waals surface area contributed by atoms with Gasteiger partial charge in [0.05, 0.1) is 12.8 Å². The fraction of sp³-hybridized carbons (Fsp3) is 0.375. The number of aromatic nitrogens is 2. The van der Waals surface area contributed by atoms with E-state index in [1.807, 2.05) is 51.1 Å². The van der Waals surface area contributed by atoms with Crippen LogP contribution >= 0.6 is 0 Å². The Kier molecular flexibility index (Phi) is 4.69. The lowest BCUT2D eigenvalue weighted by atomic mass is 10.1. The van der Waals surface area contributed by atoms with E-state index < -0.39 is 0 Å². The van der Waals surface area contributed by atoms with Crippen molar-refractivity contribution in [3.63, 3.8) is 0 Å². The third-order valence-electron chi connectivity index (χ3n) is 3.09. The number of hydrogen-bond acceptors (Lipinski definition) is 4. The van der Waals surface area contributed by atoms with Gasteiger partial charge in [-0.05, 0) is 12.5 Å². The number of hydrogen-bond donors (Lipinski definition) is 1. The molecule has 2 aromatic rings. The van der Waals surface area contributed by atoms with E-state index in [1.54, 1.807) is 6.20 Å². The fourth-order valence-corrected chi connectivity index (χ4v) is 1.89. The zero-order valence-corrected chi connectivity index (χ0v) is 12.1. The normalized spacial score (nSPS) is 12.4. The third kappa shape index (κ3) is 3.33. The summed E-state index contributed by atoms with van der Waals surface area (Å²) in [6.07, 6.45) is 1.53. The van der Waals surface area contributed by atoms with Gasteiger partial charge in [0.1, 0.15) is 17.6 Å². The molecular weight excluding hydrogens is 252 g/mol. The zero-order chi connectivity index (χ0) is 14.5. The van der Waals surface area contributed by atoms with E-state index in [0.717, 1.165) is 5.56 Å². The van der Waals surface area contributed by atoms with E-state index in [0.29, 0.717) is 17.3 Å². The van der Waals surface area contributed by atoms with Crippen LogP contribution in [0.25, 0.3) is 0 Å². The molecule has 0 aliphatic heterocycles. The summed E-state index contributed by atoms with van der Waals surface area (Å²) >= 11 is 0. The number of aliphatic hydroxyl groups is 1. The molecule has 1 aromatic heterocycles. The summed E-state index contributed by atoms with van der Waals surface area (Å²) in [7, 11) is 0. The molecule has 1 aromatic carbocycles. The lowest BCUT2D eigenvalue weighted by Gasteiger charge is -2.17. The largest absolute Gasteiger partial charge is 0.482 e. The van der Waals surface area contributed by atoms with Gasteiger partial charge in [-0.15, -0.1) is 0 Å². The van der Waals surface area contributed by atoms with Crippen molar-refractivity contribution in [1.82, 2.24) is 9.97 Å². The summed E-state index contributed by atoms with van der Waals surface area (Å²) in [5, 5.41) is 9.44. The maximum absolute atomic E-state index is 9.44. The maximum atomic E-state index is 9.44. The highest BCUT2D eigenvalue weighted by molar-refractivity contribution is 5.27. The smallest absolute Gasteiger partial charge is 0.162 e. The number of ether oxygens (including phenoxy) is 1. The molecule has 0 saturated heterocycles. The molecule has 106 valence electrons. The molecule has 4 nitrogen and oxygen atoms in total. The second kappa shape index (κ2) is 6.48. The van der Waals surface area contributed by atoms with Crippen LogP contribution in [0.5, 0.6) is 5.75 Å². The molecule has 0 spiro atoms. The molecule has 0 saturated carbocycles. The number of rotatable bonds is 5. The minimum atomic E-state index is -0.154. The average Bonchev–Trinajstić information content (AvgIpc) is 2.48. The van der Waals surface area contributed by atoms with Crippen LogP contribution in [0.3, 0.4) is 0 Å². The highest BCUT2D eigenvalue weighted by Crippen LogP contribution is 2.24. The van der Waals surface area contributed by atoms with Crippen molar-refractivity contribution in [2.75, 3.05) is 0 Å². The van der Waals surface area contributed by atoms with E-state index >= 15 is 0 Å². The van der Waals surface area contributed by atoms with Gasteiger partial charge in [0.2, 0.25) is 0 Å². The molecular formula is C16H20N2O2. The van der Waals surface area contributed by atoms with Gasteiger partial charge in [-0.2, -0.15) is 0 Å². The Morgan fingerprint density at radius 2 is 1.85 bits per heavy atom. The van der Waals surface area contributed by atoms with Gasteiger partial charge < -0.3 is 9.84 Å². The van der Waals surface area contributed by atoms with Gasteiger partial charge in [-0.3, -0.25) is 0 Å². The first-order valence-corrected chi connectivity index (χ1v) is 6.80. The predicted octanol–water partition coefficient (Wildman–Crippen LogP) is 3.23. The number of benzene rings is 1. The molecule has 2 rings (SSSR count). The van der Waals surface area contributed by atoms with Crippen molar-refractivity contribution >= 4 is 0 Å². The van der Waals surface area contributed by atoms with Crippen molar-refractivity contribution in [1.29, 1.82) is 0 Å². The second-order valence-corrected chi connectivity index (χ2v) is 5.02. The number of nitrogens with zero attached hydrogens (tertiary/aromatic N) is 2. The first-order valence-electron chi connectivity index (χ1n) is 6.80. The van der Waals surface area contributed by atoms with Crippen LogP contribution in [0.1, 0.15) is 49.9 Å². The van der Waals surface area contributed by atoms with Gasteiger partial charge >= 0.3 is 0 Å². The Hall–Kier alpha value is -1.94. The molecule has 0 radical (unpaired) electrons. The molecule has 1 N–H and O–H groups in total. The Morgan fingerprint density at radius 1 is 1.15 bits per heavy atom. The third-order valence-corrected chi connectivity index (χ3v) is 3.09. The van der Waals surface area contributed by atoms with Crippen molar-refractivity contribution in [3.05, 3.63) is 53.6 Å². The van der Waals surface area contributed by atoms with Gasteiger partial charge in [-0.25, -0.2) is 9.97 Å². The van der Waals surface area contributed by atoms with E-state index in [1.165, 1.54) is 0 Å². The first kappa shape index (κ1) is 14.5. The summed E-state index contributed by atoms with van der Waals surface area (Å²) in [5.74, 6) is 1.47. The molecule has 0 aliphatic rings. The van der Waals surface area contributed by atoms with Crippen LogP contribution in [-0.4, -0.2) is 15.1 Å². The quantitative estimate of drug-likeness (QED) is 0.908. The van der Waals surface area contributed by atoms with Crippen LogP contribution in [0.15, 0.2) is 36.5 Å². The molecule has 4 heteroatoms. The van der Waals surface area contributed by atoms with E-state index in [2.05, 4.69) is 9.97 Å². The molecule has 1 atom stereocenters. The summed E-state index contributed by atoms with van der Waals surface area (Å²) in [5.41, 5.74) is 1.61. The predicted molar refractivity (Wildman–Crippen MR) is 77.5 cm³/mol. The Bertz CT molecular complexity index is 556.